The van der Waals surface area contributed by atoms with Crippen molar-refractivity contribution in [3.8, 4) is 0 Å². The SMILES string of the molecule is C=C1/C(=C\C=C2/CCC[C@@]3(C)[C@H]2CC[C@H]3[C@H](C)/C=C/[C@H](C)C(C)C)C[C@@H](O)CC1(O)O. The number of aliphatic hydroxyl groups excluding tert-OH is 1. The van der Waals surface area contributed by atoms with Gasteiger partial charge in [0.2, 0.25) is 0 Å². The van der Waals surface area contributed by atoms with Crippen molar-refractivity contribution in [3.05, 3.63) is 47.6 Å². The van der Waals surface area contributed by atoms with Crippen LogP contribution in [0.5, 0.6) is 0 Å². The molecular formula is C28H44O3. The van der Waals surface area contributed by atoms with Crippen LogP contribution in [0.4, 0.5) is 0 Å². The van der Waals surface area contributed by atoms with Crippen LogP contribution in [-0.4, -0.2) is 27.2 Å². The molecule has 3 saturated carbocycles. The van der Waals surface area contributed by atoms with Crippen LogP contribution in [0.1, 0.15) is 79.6 Å². The lowest BCUT2D eigenvalue weighted by Crippen LogP contribution is -2.40. The third-order valence-corrected chi connectivity index (χ3v) is 8.79. The van der Waals surface area contributed by atoms with E-state index in [1.54, 1.807) is 0 Å². The number of rotatable bonds is 5. The Morgan fingerprint density at radius 2 is 1.77 bits per heavy atom. The standard InChI is InChI=1S/C28H44O3/c1-18(2)19(3)9-10-20(4)25-13-14-26-22(8-7-15-27(25,26)6)11-12-23-16-24(29)17-28(30,31)21(23)5/h9-12,18-20,24-26,29-31H,5,7-8,13-17H2,1-4,6H3/b10-9+,22-11+,23-12-/t19-,20+,24+,25-,26-,27+/m0/s1. The van der Waals surface area contributed by atoms with Crippen molar-refractivity contribution in [3.63, 3.8) is 0 Å². The Hall–Kier alpha value is -1.16. The molecule has 3 aliphatic carbocycles. The molecule has 0 amide bonds. The van der Waals surface area contributed by atoms with Gasteiger partial charge in [0, 0.05) is 12.0 Å². The minimum absolute atomic E-state index is 0.0665. The van der Waals surface area contributed by atoms with E-state index in [0.717, 1.165) is 12.0 Å². The first-order valence-corrected chi connectivity index (χ1v) is 12.4. The number of aliphatic hydroxyl groups is 3. The average molecular weight is 429 g/mol. The van der Waals surface area contributed by atoms with Crippen molar-refractivity contribution in [1.82, 2.24) is 0 Å². The molecule has 3 fully saturated rings. The summed E-state index contributed by atoms with van der Waals surface area (Å²) in [5.74, 6) is 1.18. The minimum Gasteiger partial charge on any atom is -0.393 e. The molecular weight excluding hydrogens is 384 g/mol. The highest BCUT2D eigenvalue weighted by atomic mass is 16.5. The molecule has 0 radical (unpaired) electrons. The molecule has 0 spiro atoms. The molecule has 3 aliphatic rings. The molecule has 3 rings (SSSR count). The van der Waals surface area contributed by atoms with Gasteiger partial charge in [0.05, 0.1) is 6.10 Å². The van der Waals surface area contributed by atoms with Gasteiger partial charge in [0.15, 0.2) is 5.79 Å². The fourth-order valence-electron chi connectivity index (χ4n) is 6.38. The molecule has 0 bridgehead atoms. The number of fused-ring (bicyclic) bond motifs is 1. The second-order valence-electron chi connectivity index (χ2n) is 11.2. The molecule has 0 aromatic rings. The minimum atomic E-state index is -2.00. The predicted octanol–water partition coefficient (Wildman–Crippen LogP) is 5.93. The summed E-state index contributed by atoms with van der Waals surface area (Å²) in [7, 11) is 0. The zero-order chi connectivity index (χ0) is 23.0. The Morgan fingerprint density at radius 3 is 2.45 bits per heavy atom. The van der Waals surface area contributed by atoms with E-state index in [9.17, 15) is 15.3 Å². The number of hydrogen-bond donors (Lipinski definition) is 3. The maximum Gasteiger partial charge on any atom is 0.191 e. The maximum atomic E-state index is 10.2. The van der Waals surface area contributed by atoms with Crippen molar-refractivity contribution in [2.24, 2.45) is 35.0 Å². The van der Waals surface area contributed by atoms with Gasteiger partial charge >= 0.3 is 0 Å². The van der Waals surface area contributed by atoms with Crippen LogP contribution in [0.25, 0.3) is 0 Å². The molecule has 0 aromatic carbocycles. The van der Waals surface area contributed by atoms with Crippen LogP contribution in [0, 0.1) is 35.0 Å². The van der Waals surface area contributed by atoms with Crippen LogP contribution < -0.4 is 0 Å². The fraction of sp³-hybridized carbons (Fsp3) is 0.714. The van der Waals surface area contributed by atoms with Crippen molar-refractivity contribution >= 4 is 0 Å². The van der Waals surface area contributed by atoms with Crippen LogP contribution in [0.3, 0.4) is 0 Å². The molecule has 3 heteroatoms. The summed E-state index contributed by atoms with van der Waals surface area (Å²) in [6.07, 6.45) is 14.9. The summed E-state index contributed by atoms with van der Waals surface area (Å²) >= 11 is 0. The van der Waals surface area contributed by atoms with Crippen LogP contribution >= 0.6 is 0 Å². The summed E-state index contributed by atoms with van der Waals surface area (Å²) in [5, 5.41) is 30.4. The van der Waals surface area contributed by atoms with Crippen molar-refractivity contribution in [1.29, 1.82) is 0 Å². The monoisotopic (exact) mass is 428 g/mol. The molecule has 0 unspecified atom stereocenters. The summed E-state index contributed by atoms with van der Waals surface area (Å²) in [5.41, 5.74) is 2.91. The summed E-state index contributed by atoms with van der Waals surface area (Å²) < 4.78 is 0. The normalized spacial score (nSPS) is 38.2. The number of hydrogen-bond acceptors (Lipinski definition) is 3. The Bertz CT molecular complexity index is 756. The van der Waals surface area contributed by atoms with E-state index in [2.05, 4.69) is 59.4 Å². The van der Waals surface area contributed by atoms with Crippen molar-refractivity contribution in [2.45, 2.75) is 91.5 Å². The van der Waals surface area contributed by atoms with Gasteiger partial charge in [-0.05, 0) is 79.1 Å². The van der Waals surface area contributed by atoms with Gasteiger partial charge in [-0.2, -0.15) is 0 Å². The molecule has 0 saturated heterocycles. The Labute approximate surface area is 189 Å². The second-order valence-corrected chi connectivity index (χ2v) is 11.2. The van der Waals surface area contributed by atoms with E-state index >= 15 is 0 Å². The van der Waals surface area contributed by atoms with Gasteiger partial charge in [-0.3, -0.25) is 0 Å². The van der Waals surface area contributed by atoms with Crippen LogP contribution in [0.15, 0.2) is 47.6 Å². The molecule has 0 heterocycles. The lowest BCUT2D eigenvalue weighted by molar-refractivity contribution is -0.155. The summed E-state index contributed by atoms with van der Waals surface area (Å²) in [4.78, 5) is 0. The van der Waals surface area contributed by atoms with E-state index in [-0.39, 0.29) is 6.42 Å². The highest BCUT2D eigenvalue weighted by Crippen LogP contribution is 2.59. The topological polar surface area (TPSA) is 60.7 Å². The molecule has 174 valence electrons. The largest absolute Gasteiger partial charge is 0.393 e. The first-order chi connectivity index (χ1) is 14.5. The van der Waals surface area contributed by atoms with Crippen LogP contribution in [-0.2, 0) is 0 Å². The summed E-state index contributed by atoms with van der Waals surface area (Å²) in [6, 6.07) is 0. The van der Waals surface area contributed by atoms with Gasteiger partial charge in [-0.15, -0.1) is 0 Å². The lowest BCUT2D eigenvalue weighted by Gasteiger charge is -2.44. The Kier molecular flexibility index (Phi) is 7.40. The van der Waals surface area contributed by atoms with E-state index in [1.165, 1.54) is 31.3 Å². The lowest BCUT2D eigenvalue weighted by atomic mass is 9.61. The average Bonchev–Trinajstić information content (AvgIpc) is 3.04. The highest BCUT2D eigenvalue weighted by Gasteiger charge is 2.50. The first-order valence-electron chi connectivity index (χ1n) is 12.4. The quantitative estimate of drug-likeness (QED) is 0.375. The molecule has 3 N–H and O–H groups in total. The van der Waals surface area contributed by atoms with Gasteiger partial charge in [0.25, 0.3) is 0 Å². The van der Waals surface area contributed by atoms with Gasteiger partial charge in [-0.25, -0.2) is 0 Å². The third kappa shape index (κ3) is 5.10. The molecule has 0 aromatic heterocycles. The van der Waals surface area contributed by atoms with Gasteiger partial charge < -0.3 is 15.3 Å². The molecule has 6 atom stereocenters. The van der Waals surface area contributed by atoms with Crippen molar-refractivity contribution in [2.75, 3.05) is 0 Å². The highest BCUT2D eigenvalue weighted by molar-refractivity contribution is 5.40. The molecule has 31 heavy (non-hydrogen) atoms. The maximum absolute atomic E-state index is 10.2. The van der Waals surface area contributed by atoms with E-state index < -0.39 is 11.9 Å². The van der Waals surface area contributed by atoms with Gasteiger partial charge in [0.1, 0.15) is 0 Å². The first kappa shape index (κ1) is 24.5. The van der Waals surface area contributed by atoms with E-state index in [1.807, 2.05) is 6.08 Å². The fourth-order valence-corrected chi connectivity index (χ4v) is 6.38. The van der Waals surface area contributed by atoms with Crippen molar-refractivity contribution < 1.29 is 15.3 Å². The predicted molar refractivity (Wildman–Crippen MR) is 128 cm³/mol. The Morgan fingerprint density at radius 1 is 1.06 bits per heavy atom. The zero-order valence-corrected chi connectivity index (χ0v) is 20.3. The third-order valence-electron chi connectivity index (χ3n) is 8.79. The smallest absolute Gasteiger partial charge is 0.191 e. The second kappa shape index (κ2) is 9.37. The number of allylic oxidation sites excluding steroid dienone is 5. The summed E-state index contributed by atoms with van der Waals surface area (Å²) in [6.45, 7) is 15.7. The van der Waals surface area contributed by atoms with E-state index in [4.69, 9.17) is 0 Å². The van der Waals surface area contributed by atoms with Gasteiger partial charge in [-0.1, -0.05) is 71.1 Å². The molecule has 3 nitrogen and oxygen atoms in total. The Balaban J connectivity index is 1.78. The zero-order valence-electron chi connectivity index (χ0n) is 20.3. The van der Waals surface area contributed by atoms with Crippen LogP contribution in [0.2, 0.25) is 0 Å². The van der Waals surface area contributed by atoms with E-state index in [0.29, 0.717) is 47.0 Å². The molecule has 0 aliphatic heterocycles.